The molecule has 0 spiro atoms. The van der Waals surface area contributed by atoms with Crippen molar-refractivity contribution < 1.29 is 4.42 Å². The van der Waals surface area contributed by atoms with Gasteiger partial charge in [0.2, 0.25) is 5.43 Å². The standard InChI is InChI=1S/C46H28N6O2/c53-42-36-19-6-9-22-40(36)54-41-24-23-30(27-37(41)42)35-18-5-4-17-34(35)29-12-10-13-31(26-29)43-49-44(32-14-11-25-47-28-32)51-45(50-43)46-48-38-20-7-8-21-39(38)52(46)33-15-2-1-3-16-33/h1-28H. The summed E-state index contributed by atoms with van der Waals surface area (Å²) in [4.78, 5) is 38.0. The zero-order valence-electron chi connectivity index (χ0n) is 28.7. The fraction of sp³-hybridized carbons (Fsp3) is 0. The fourth-order valence-corrected chi connectivity index (χ4v) is 7.03. The monoisotopic (exact) mass is 696 g/mol. The third-order valence-electron chi connectivity index (χ3n) is 9.58. The molecule has 0 aliphatic carbocycles. The normalized spacial score (nSPS) is 11.4. The van der Waals surface area contributed by atoms with Gasteiger partial charge in [0, 0.05) is 29.2 Å². The van der Waals surface area contributed by atoms with E-state index in [0.29, 0.717) is 45.2 Å². The molecule has 6 aromatic carbocycles. The van der Waals surface area contributed by atoms with Crippen molar-refractivity contribution in [3.05, 3.63) is 180 Å². The lowest BCUT2D eigenvalue weighted by Gasteiger charge is -2.13. The number of pyridine rings is 1. The van der Waals surface area contributed by atoms with Crippen LogP contribution in [0.2, 0.25) is 0 Å². The predicted molar refractivity (Wildman–Crippen MR) is 213 cm³/mol. The van der Waals surface area contributed by atoms with Gasteiger partial charge < -0.3 is 4.42 Å². The zero-order chi connectivity index (χ0) is 36.0. The van der Waals surface area contributed by atoms with Gasteiger partial charge >= 0.3 is 0 Å². The first-order chi connectivity index (χ1) is 26.7. The number of imidazole rings is 1. The van der Waals surface area contributed by atoms with Crippen molar-refractivity contribution in [2.75, 3.05) is 0 Å². The molecule has 254 valence electrons. The first kappa shape index (κ1) is 31.2. The van der Waals surface area contributed by atoms with E-state index >= 15 is 0 Å². The van der Waals surface area contributed by atoms with E-state index in [1.807, 2.05) is 127 Å². The minimum Gasteiger partial charge on any atom is -0.456 e. The van der Waals surface area contributed by atoms with Gasteiger partial charge in [0.05, 0.1) is 21.8 Å². The van der Waals surface area contributed by atoms with E-state index < -0.39 is 0 Å². The number of fused-ring (bicyclic) bond motifs is 3. The van der Waals surface area contributed by atoms with Gasteiger partial charge in [-0.25, -0.2) is 19.9 Å². The van der Waals surface area contributed by atoms with Crippen LogP contribution in [0.4, 0.5) is 0 Å². The van der Waals surface area contributed by atoms with E-state index in [1.165, 1.54) is 0 Å². The Balaban J connectivity index is 1.13. The van der Waals surface area contributed by atoms with Gasteiger partial charge in [0.25, 0.3) is 0 Å². The maximum absolute atomic E-state index is 13.6. The molecule has 0 amide bonds. The molecule has 0 atom stereocenters. The summed E-state index contributed by atoms with van der Waals surface area (Å²) in [5, 5.41) is 1.10. The van der Waals surface area contributed by atoms with Crippen LogP contribution < -0.4 is 5.43 Å². The maximum atomic E-state index is 13.6. The summed E-state index contributed by atoms with van der Waals surface area (Å²) in [7, 11) is 0. The molecule has 0 radical (unpaired) electrons. The van der Waals surface area contributed by atoms with Crippen molar-refractivity contribution in [2.24, 2.45) is 0 Å². The Morgan fingerprint density at radius 3 is 1.98 bits per heavy atom. The van der Waals surface area contributed by atoms with Crippen LogP contribution in [0.25, 0.3) is 95.3 Å². The van der Waals surface area contributed by atoms with Gasteiger partial charge in [-0.2, -0.15) is 0 Å². The largest absolute Gasteiger partial charge is 0.456 e. The first-order valence-electron chi connectivity index (χ1n) is 17.5. The molecule has 0 bridgehead atoms. The second kappa shape index (κ2) is 12.9. The Labute approximate surface area is 308 Å². The highest BCUT2D eigenvalue weighted by Gasteiger charge is 2.20. The van der Waals surface area contributed by atoms with Crippen LogP contribution >= 0.6 is 0 Å². The van der Waals surface area contributed by atoms with Gasteiger partial charge in [-0.1, -0.05) is 91.0 Å². The second-order valence-corrected chi connectivity index (χ2v) is 12.9. The lowest BCUT2D eigenvalue weighted by Crippen LogP contribution is -2.05. The van der Waals surface area contributed by atoms with E-state index in [1.54, 1.807) is 18.5 Å². The van der Waals surface area contributed by atoms with Crippen LogP contribution in [0.5, 0.6) is 0 Å². The van der Waals surface area contributed by atoms with Crippen molar-refractivity contribution in [1.29, 1.82) is 0 Å². The van der Waals surface area contributed by atoms with Crippen molar-refractivity contribution >= 4 is 33.0 Å². The highest BCUT2D eigenvalue weighted by atomic mass is 16.3. The van der Waals surface area contributed by atoms with Gasteiger partial charge in [-0.3, -0.25) is 14.3 Å². The molecule has 0 aliphatic heterocycles. The van der Waals surface area contributed by atoms with Crippen LogP contribution in [0.3, 0.4) is 0 Å². The second-order valence-electron chi connectivity index (χ2n) is 12.9. The number of hydrogen-bond acceptors (Lipinski definition) is 7. The van der Waals surface area contributed by atoms with Crippen LogP contribution in [0.1, 0.15) is 0 Å². The number of aromatic nitrogens is 6. The molecule has 4 heterocycles. The maximum Gasteiger partial charge on any atom is 0.200 e. The van der Waals surface area contributed by atoms with Crippen LogP contribution in [-0.4, -0.2) is 29.5 Å². The highest BCUT2D eigenvalue weighted by molar-refractivity contribution is 5.94. The van der Waals surface area contributed by atoms with Crippen LogP contribution in [0, 0.1) is 0 Å². The van der Waals surface area contributed by atoms with Crippen molar-refractivity contribution in [3.8, 4) is 62.4 Å². The lowest BCUT2D eigenvalue weighted by molar-refractivity contribution is 0.660. The molecule has 0 saturated heterocycles. The van der Waals surface area contributed by atoms with Gasteiger partial charge in [-0.05, 0) is 89.0 Å². The van der Waals surface area contributed by atoms with Gasteiger partial charge in [0.15, 0.2) is 23.3 Å². The Hall–Kier alpha value is -7.58. The van der Waals surface area contributed by atoms with Crippen LogP contribution in [-0.2, 0) is 0 Å². The summed E-state index contributed by atoms with van der Waals surface area (Å²) >= 11 is 0. The number of nitrogens with zero attached hydrogens (tertiary/aromatic N) is 6. The first-order valence-corrected chi connectivity index (χ1v) is 17.5. The summed E-state index contributed by atoms with van der Waals surface area (Å²) in [6.45, 7) is 0. The molecule has 8 heteroatoms. The van der Waals surface area contributed by atoms with E-state index in [-0.39, 0.29) is 5.43 Å². The predicted octanol–water partition coefficient (Wildman–Crippen LogP) is 10.2. The Kier molecular flexibility index (Phi) is 7.44. The molecular weight excluding hydrogens is 669 g/mol. The third kappa shape index (κ3) is 5.41. The van der Waals surface area contributed by atoms with E-state index in [0.717, 1.165) is 50.1 Å². The molecule has 0 saturated carbocycles. The summed E-state index contributed by atoms with van der Waals surface area (Å²) in [6, 6.07) is 51.4. The summed E-state index contributed by atoms with van der Waals surface area (Å²) < 4.78 is 8.19. The fourth-order valence-electron chi connectivity index (χ4n) is 7.03. The van der Waals surface area contributed by atoms with Crippen molar-refractivity contribution in [2.45, 2.75) is 0 Å². The number of hydrogen-bond donors (Lipinski definition) is 0. The third-order valence-corrected chi connectivity index (χ3v) is 9.58. The molecule has 8 nitrogen and oxygen atoms in total. The van der Waals surface area contributed by atoms with Crippen molar-refractivity contribution in [3.63, 3.8) is 0 Å². The zero-order valence-corrected chi connectivity index (χ0v) is 28.7. The lowest BCUT2D eigenvalue weighted by atomic mass is 9.93. The SMILES string of the molecule is O=c1c2ccccc2oc2ccc(-c3ccccc3-c3cccc(-c4nc(-c5cccnc5)nc(-c5nc6ccccc6n5-c5ccccc5)n4)c3)cc12. The Morgan fingerprint density at radius 1 is 0.481 bits per heavy atom. The Morgan fingerprint density at radius 2 is 1.15 bits per heavy atom. The molecular formula is C46H28N6O2. The van der Waals surface area contributed by atoms with E-state index in [2.05, 4.69) is 33.8 Å². The minimum absolute atomic E-state index is 0.0518. The van der Waals surface area contributed by atoms with E-state index in [4.69, 9.17) is 24.4 Å². The molecule has 54 heavy (non-hydrogen) atoms. The van der Waals surface area contributed by atoms with Crippen molar-refractivity contribution in [1.82, 2.24) is 29.5 Å². The molecule has 4 aromatic heterocycles. The van der Waals surface area contributed by atoms with E-state index in [9.17, 15) is 4.79 Å². The summed E-state index contributed by atoms with van der Waals surface area (Å²) in [6.07, 6.45) is 3.48. The molecule has 10 aromatic rings. The smallest absolute Gasteiger partial charge is 0.200 e. The highest BCUT2D eigenvalue weighted by Crippen LogP contribution is 2.36. The van der Waals surface area contributed by atoms with Crippen LogP contribution in [0.15, 0.2) is 179 Å². The quantitative estimate of drug-likeness (QED) is 0.160. The topological polar surface area (TPSA) is 99.6 Å². The summed E-state index contributed by atoms with van der Waals surface area (Å²) in [5.41, 5.74) is 9.23. The summed E-state index contributed by atoms with van der Waals surface area (Å²) in [5.74, 6) is 2.03. The molecule has 0 fully saturated rings. The van der Waals surface area contributed by atoms with Gasteiger partial charge in [-0.15, -0.1) is 0 Å². The number of rotatable bonds is 6. The molecule has 0 unspecified atom stereocenters. The minimum atomic E-state index is -0.0518. The van der Waals surface area contributed by atoms with Gasteiger partial charge in [0.1, 0.15) is 11.2 Å². The Bertz CT molecular complexity index is 3080. The average Bonchev–Trinajstić information content (AvgIpc) is 3.64. The average molecular weight is 697 g/mol. The molecule has 10 rings (SSSR count). The molecule has 0 aliphatic rings. The molecule has 0 N–H and O–H groups in total. The number of benzene rings is 6. The number of para-hydroxylation sites is 4.